The number of Topliss-reactive ketones (excluding diaryl/α,β-unsaturated/α-hetero) is 1. The van der Waals surface area contributed by atoms with Gasteiger partial charge in [-0.15, -0.1) is 11.3 Å². The van der Waals surface area contributed by atoms with Gasteiger partial charge in [-0.3, -0.25) is 9.59 Å². The van der Waals surface area contributed by atoms with E-state index >= 15 is 0 Å². The number of aromatic nitrogens is 1. The molecule has 1 unspecified atom stereocenters. The van der Waals surface area contributed by atoms with Crippen LogP contribution in [0, 0.1) is 13.8 Å². The molecule has 0 spiro atoms. The van der Waals surface area contributed by atoms with Crippen molar-refractivity contribution in [2.24, 2.45) is 0 Å². The van der Waals surface area contributed by atoms with Gasteiger partial charge in [0.15, 0.2) is 5.76 Å². The van der Waals surface area contributed by atoms with E-state index in [4.69, 9.17) is 0 Å². The molecule has 8 heteroatoms. The lowest BCUT2D eigenvalue weighted by atomic mass is 9.94. The van der Waals surface area contributed by atoms with E-state index in [9.17, 15) is 14.7 Å². The number of nitrogens with zero attached hydrogens (tertiary/aromatic N) is 4. The van der Waals surface area contributed by atoms with Gasteiger partial charge in [-0.1, -0.05) is 12.1 Å². The number of thiazole rings is 1. The van der Waals surface area contributed by atoms with E-state index in [1.165, 1.54) is 11.3 Å². The van der Waals surface area contributed by atoms with Crippen molar-refractivity contribution >= 4 is 28.7 Å². The van der Waals surface area contributed by atoms with Crippen LogP contribution >= 0.6 is 11.3 Å². The number of amides is 1. The van der Waals surface area contributed by atoms with E-state index in [0.717, 1.165) is 42.3 Å². The fourth-order valence-electron chi connectivity index (χ4n) is 4.34. The second-order valence-electron chi connectivity index (χ2n) is 8.56. The van der Waals surface area contributed by atoms with Crippen molar-refractivity contribution < 1.29 is 14.7 Å². The van der Waals surface area contributed by atoms with Crippen LogP contribution in [0.25, 0.3) is 0 Å². The van der Waals surface area contributed by atoms with Crippen LogP contribution in [0.15, 0.2) is 35.6 Å². The SMILES string of the molecule is CCN(CC)c1ccc(C2C(C(=O)c3sc(C)nc3C)=C(O)C(=O)N2CCCN(C)C)cc1. The Hall–Kier alpha value is -2.71. The minimum absolute atomic E-state index is 0.146. The Morgan fingerprint density at radius 3 is 2.30 bits per heavy atom. The number of hydrogen-bond acceptors (Lipinski definition) is 7. The van der Waals surface area contributed by atoms with Gasteiger partial charge in [0.05, 0.1) is 27.2 Å². The first kappa shape index (κ1) is 24.9. The Balaban J connectivity index is 2.03. The van der Waals surface area contributed by atoms with Crippen LogP contribution in [0.2, 0.25) is 0 Å². The zero-order valence-electron chi connectivity index (χ0n) is 20.4. The number of anilines is 1. The number of rotatable bonds is 10. The summed E-state index contributed by atoms with van der Waals surface area (Å²) in [5.74, 6) is -1.26. The van der Waals surface area contributed by atoms with Crippen LogP contribution in [0.1, 0.15) is 52.2 Å². The normalized spacial score (nSPS) is 16.3. The molecule has 1 N–H and O–H groups in total. The maximum absolute atomic E-state index is 13.6. The first-order chi connectivity index (χ1) is 15.7. The van der Waals surface area contributed by atoms with Gasteiger partial charge in [0.1, 0.15) is 0 Å². The number of aliphatic hydroxyl groups excluding tert-OH is 1. The maximum Gasteiger partial charge on any atom is 0.290 e. The van der Waals surface area contributed by atoms with Gasteiger partial charge >= 0.3 is 0 Å². The third kappa shape index (κ3) is 5.12. The molecule has 7 nitrogen and oxygen atoms in total. The summed E-state index contributed by atoms with van der Waals surface area (Å²) in [6, 6.07) is 7.33. The first-order valence-corrected chi connectivity index (χ1v) is 12.2. The van der Waals surface area contributed by atoms with Crippen LogP contribution in [-0.4, -0.2) is 71.9 Å². The zero-order chi connectivity index (χ0) is 24.3. The average Bonchev–Trinajstić information content (AvgIpc) is 3.25. The molecule has 0 saturated heterocycles. The molecule has 1 atom stereocenters. The van der Waals surface area contributed by atoms with Gasteiger partial charge in [0.2, 0.25) is 5.78 Å². The molecule has 2 aromatic rings. The van der Waals surface area contributed by atoms with Crippen LogP contribution in [-0.2, 0) is 4.79 Å². The van der Waals surface area contributed by atoms with Gasteiger partial charge in [-0.05, 0) is 72.5 Å². The summed E-state index contributed by atoms with van der Waals surface area (Å²) in [7, 11) is 3.96. The summed E-state index contributed by atoms with van der Waals surface area (Å²) in [5, 5.41) is 11.6. The third-order valence-electron chi connectivity index (χ3n) is 6.00. The highest BCUT2D eigenvalue weighted by atomic mass is 32.1. The summed E-state index contributed by atoms with van der Waals surface area (Å²) in [6.07, 6.45) is 0.736. The molecule has 2 heterocycles. The van der Waals surface area contributed by atoms with E-state index in [2.05, 4.69) is 28.6 Å². The first-order valence-electron chi connectivity index (χ1n) is 11.4. The largest absolute Gasteiger partial charge is 0.503 e. The fourth-order valence-corrected chi connectivity index (χ4v) is 5.21. The lowest BCUT2D eigenvalue weighted by molar-refractivity contribution is -0.129. The Labute approximate surface area is 200 Å². The summed E-state index contributed by atoms with van der Waals surface area (Å²) >= 11 is 1.30. The van der Waals surface area contributed by atoms with E-state index in [1.54, 1.807) is 11.8 Å². The highest BCUT2D eigenvalue weighted by molar-refractivity contribution is 7.14. The Bertz CT molecular complexity index is 1040. The van der Waals surface area contributed by atoms with Gasteiger partial charge < -0.3 is 19.8 Å². The average molecular weight is 471 g/mol. The predicted octanol–water partition coefficient (Wildman–Crippen LogP) is 4.14. The molecule has 0 bridgehead atoms. The highest BCUT2D eigenvalue weighted by Gasteiger charge is 2.44. The summed E-state index contributed by atoms with van der Waals surface area (Å²) in [5.41, 5.74) is 2.67. The van der Waals surface area contributed by atoms with Crippen molar-refractivity contribution in [1.82, 2.24) is 14.8 Å². The van der Waals surface area contributed by atoms with Crippen LogP contribution in [0.3, 0.4) is 0 Å². The van der Waals surface area contributed by atoms with Crippen molar-refractivity contribution in [3.05, 3.63) is 56.7 Å². The van der Waals surface area contributed by atoms with Crippen molar-refractivity contribution in [3.8, 4) is 0 Å². The van der Waals surface area contributed by atoms with Crippen LogP contribution < -0.4 is 4.90 Å². The molecular formula is C25H34N4O3S. The molecule has 0 aliphatic carbocycles. The van der Waals surface area contributed by atoms with Gasteiger partial charge in [0, 0.05) is 25.3 Å². The second-order valence-corrected chi connectivity index (χ2v) is 9.76. The van der Waals surface area contributed by atoms with Crippen molar-refractivity contribution in [1.29, 1.82) is 0 Å². The zero-order valence-corrected chi connectivity index (χ0v) is 21.2. The Kier molecular flexibility index (Phi) is 7.92. The van der Waals surface area contributed by atoms with Crippen LogP contribution in [0.4, 0.5) is 5.69 Å². The number of carbonyl (C=O) groups is 2. The predicted molar refractivity (Wildman–Crippen MR) is 133 cm³/mol. The standard InChI is InChI=1S/C25H34N4O3S/c1-7-28(8-2)19-12-10-18(11-13-19)21-20(22(30)24-16(3)26-17(4)33-24)23(31)25(32)29(21)15-9-14-27(5)6/h10-13,21,31H,7-9,14-15H2,1-6H3. The summed E-state index contributed by atoms with van der Waals surface area (Å²) < 4.78 is 0. The number of ketones is 1. The quantitative estimate of drug-likeness (QED) is 0.526. The molecule has 178 valence electrons. The molecule has 0 saturated carbocycles. The van der Waals surface area contributed by atoms with Crippen molar-refractivity contribution in [3.63, 3.8) is 0 Å². The van der Waals surface area contributed by atoms with E-state index in [0.29, 0.717) is 17.1 Å². The summed E-state index contributed by atoms with van der Waals surface area (Å²) in [6.45, 7) is 10.9. The molecule has 1 aliphatic rings. The Morgan fingerprint density at radius 2 is 1.79 bits per heavy atom. The molecule has 33 heavy (non-hydrogen) atoms. The number of carbonyl (C=O) groups excluding carboxylic acids is 2. The van der Waals surface area contributed by atoms with Gasteiger partial charge in [-0.2, -0.15) is 0 Å². The number of aliphatic hydroxyl groups is 1. The van der Waals surface area contributed by atoms with Crippen LogP contribution in [0.5, 0.6) is 0 Å². The van der Waals surface area contributed by atoms with Gasteiger partial charge in [0.25, 0.3) is 5.91 Å². The van der Waals surface area contributed by atoms with E-state index < -0.39 is 17.7 Å². The topological polar surface area (TPSA) is 77.0 Å². The molecular weight excluding hydrogens is 436 g/mol. The number of aryl methyl sites for hydroxylation is 2. The van der Waals surface area contributed by atoms with E-state index in [1.807, 2.05) is 45.3 Å². The molecule has 1 aromatic heterocycles. The smallest absolute Gasteiger partial charge is 0.290 e. The third-order valence-corrected chi connectivity index (χ3v) is 7.07. The van der Waals surface area contributed by atoms with Crippen molar-refractivity contribution in [2.75, 3.05) is 45.2 Å². The summed E-state index contributed by atoms with van der Waals surface area (Å²) in [4.78, 5) is 37.4. The lowest BCUT2D eigenvalue weighted by Crippen LogP contribution is -2.33. The molecule has 0 fully saturated rings. The minimum Gasteiger partial charge on any atom is -0.503 e. The molecule has 1 aromatic carbocycles. The Morgan fingerprint density at radius 1 is 1.15 bits per heavy atom. The molecule has 1 amide bonds. The van der Waals surface area contributed by atoms with E-state index in [-0.39, 0.29) is 11.4 Å². The van der Waals surface area contributed by atoms with Gasteiger partial charge in [-0.25, -0.2) is 4.98 Å². The fraction of sp³-hybridized carbons (Fsp3) is 0.480. The molecule has 3 rings (SSSR count). The monoisotopic (exact) mass is 470 g/mol. The second kappa shape index (κ2) is 10.5. The molecule has 1 aliphatic heterocycles. The number of benzene rings is 1. The minimum atomic E-state index is -0.625. The highest BCUT2D eigenvalue weighted by Crippen LogP contribution is 2.40. The maximum atomic E-state index is 13.6. The molecule has 0 radical (unpaired) electrons. The number of hydrogen-bond donors (Lipinski definition) is 1. The lowest BCUT2D eigenvalue weighted by Gasteiger charge is -2.28. The van der Waals surface area contributed by atoms with Crippen molar-refractivity contribution in [2.45, 2.75) is 40.2 Å².